The van der Waals surface area contributed by atoms with Gasteiger partial charge in [0.2, 0.25) is 0 Å². The number of aliphatic hydroxyl groups excluding tert-OH is 1. The Morgan fingerprint density at radius 3 is 0.835 bits per heavy atom. The van der Waals surface area contributed by atoms with Gasteiger partial charge in [0.1, 0.15) is 19.3 Å². The largest absolute Gasteiger partial charge is 0.472 e. The van der Waals surface area contributed by atoms with Crippen LogP contribution in [-0.2, 0) is 65.4 Å². The molecule has 3 unspecified atom stereocenters. The number of rotatable bonds is 63. The number of carbonyl (C=O) groups excluding carboxylic acids is 4. The average Bonchev–Trinajstić information content (AvgIpc) is 3.55. The van der Waals surface area contributed by atoms with Crippen LogP contribution >= 0.6 is 15.6 Å². The van der Waals surface area contributed by atoms with Gasteiger partial charge in [-0.25, -0.2) is 9.13 Å². The molecule has 0 aromatic heterocycles. The van der Waals surface area contributed by atoms with E-state index in [1.807, 2.05) is 0 Å². The molecule has 17 nitrogen and oxygen atoms in total. The number of ether oxygens (including phenoxy) is 4. The SMILES string of the molecule is CCC(C)CCCCCCCCC(=O)OC[C@H](COP(=O)(O)OC[C@H](O)COP(=O)(O)OC[C@@H](COC(=O)CCCCCCCCCCCC(C)C)OC(=O)CCCCCCCCCCCC(C)C)OC(=O)CCCCCCCCCCC(C)C. The van der Waals surface area contributed by atoms with Crippen molar-refractivity contribution in [3.8, 4) is 0 Å². The predicted molar refractivity (Wildman–Crippen MR) is 340 cm³/mol. The molecule has 0 radical (unpaired) electrons. The highest BCUT2D eigenvalue weighted by Crippen LogP contribution is 2.45. The zero-order valence-electron chi connectivity index (χ0n) is 55.2. The van der Waals surface area contributed by atoms with Gasteiger partial charge in [-0.15, -0.1) is 0 Å². The molecule has 3 N–H and O–H groups in total. The van der Waals surface area contributed by atoms with E-state index in [-0.39, 0.29) is 25.7 Å². The Bertz CT molecular complexity index is 1700. The molecule has 0 amide bonds. The van der Waals surface area contributed by atoms with Crippen molar-refractivity contribution in [3.63, 3.8) is 0 Å². The zero-order valence-corrected chi connectivity index (χ0v) is 57.0. The average molecular weight is 1260 g/mol. The van der Waals surface area contributed by atoms with Gasteiger partial charge in [0.05, 0.1) is 26.4 Å². The normalized spacial score (nSPS) is 14.7. The van der Waals surface area contributed by atoms with Crippen molar-refractivity contribution in [1.29, 1.82) is 0 Å². The Kier molecular flexibility index (Phi) is 54.8. The molecule has 0 fully saturated rings. The molecule has 0 saturated carbocycles. The number of esters is 4. The molecule has 0 heterocycles. The quantitative estimate of drug-likeness (QED) is 0.0222. The van der Waals surface area contributed by atoms with Crippen molar-refractivity contribution >= 4 is 39.5 Å². The second-order valence-electron chi connectivity index (χ2n) is 25.5. The first-order chi connectivity index (χ1) is 40.6. The third kappa shape index (κ3) is 59.5. The van der Waals surface area contributed by atoms with Gasteiger partial charge in [-0.1, -0.05) is 267 Å². The van der Waals surface area contributed by atoms with Gasteiger partial charge in [0, 0.05) is 25.7 Å². The number of unbranched alkanes of at least 4 members (excludes halogenated alkanes) is 28. The number of hydrogen-bond donors (Lipinski definition) is 3. The van der Waals surface area contributed by atoms with E-state index in [2.05, 4.69) is 55.4 Å². The van der Waals surface area contributed by atoms with Crippen LogP contribution in [-0.4, -0.2) is 96.7 Å². The summed E-state index contributed by atoms with van der Waals surface area (Å²) < 4.78 is 68.1. The summed E-state index contributed by atoms with van der Waals surface area (Å²) in [4.78, 5) is 72.3. The second kappa shape index (κ2) is 56.1. The first kappa shape index (κ1) is 83.1. The van der Waals surface area contributed by atoms with E-state index in [0.717, 1.165) is 120 Å². The van der Waals surface area contributed by atoms with Gasteiger partial charge in [-0.3, -0.25) is 37.3 Å². The van der Waals surface area contributed by atoms with Gasteiger partial charge in [0.15, 0.2) is 12.2 Å². The van der Waals surface area contributed by atoms with Crippen molar-refractivity contribution < 1.29 is 80.2 Å². The summed E-state index contributed by atoms with van der Waals surface area (Å²) in [5.74, 6) is 0.792. The van der Waals surface area contributed by atoms with Crippen LogP contribution < -0.4 is 0 Å². The van der Waals surface area contributed by atoms with E-state index in [0.29, 0.717) is 25.7 Å². The summed E-state index contributed by atoms with van der Waals surface area (Å²) in [5.41, 5.74) is 0. The lowest BCUT2D eigenvalue weighted by atomic mass is 10.00. The Balaban J connectivity index is 5.27. The van der Waals surface area contributed by atoms with Gasteiger partial charge < -0.3 is 33.8 Å². The van der Waals surface area contributed by atoms with E-state index >= 15 is 0 Å². The Morgan fingerprint density at radius 1 is 0.329 bits per heavy atom. The van der Waals surface area contributed by atoms with Crippen molar-refractivity contribution in [3.05, 3.63) is 0 Å². The topological polar surface area (TPSA) is 237 Å². The number of phosphoric ester groups is 2. The maximum atomic E-state index is 13.0. The maximum absolute atomic E-state index is 13.0. The standard InChI is InChI=1S/C66H128O17P2/c1-9-59(8)45-37-29-24-25-31-39-47-64(69)77-53-62(83-66(71)49-41-33-23-17-16-20-28-36-44-58(6)7)55-81-85(74,75)79-51-60(67)50-78-84(72,73)80-54-61(82-65(70)48-40-32-22-15-11-13-19-27-35-43-57(4)5)52-76-63(68)46-38-30-21-14-10-12-18-26-34-42-56(2)3/h56-62,67H,9-55H2,1-8H3,(H,72,73)(H,74,75)/t59?,60-,61-,62-/m1/s1. The third-order valence-corrected chi connectivity index (χ3v) is 17.3. The third-order valence-electron chi connectivity index (χ3n) is 15.4. The molecule has 19 heteroatoms. The van der Waals surface area contributed by atoms with Gasteiger partial charge in [-0.2, -0.15) is 0 Å². The molecule has 85 heavy (non-hydrogen) atoms. The molecule has 0 saturated heterocycles. The minimum absolute atomic E-state index is 0.103. The number of hydrogen-bond acceptors (Lipinski definition) is 15. The molecule has 6 atom stereocenters. The van der Waals surface area contributed by atoms with E-state index in [4.69, 9.17) is 37.0 Å². The fraction of sp³-hybridized carbons (Fsp3) is 0.939. The highest BCUT2D eigenvalue weighted by molar-refractivity contribution is 7.47. The summed E-state index contributed by atoms with van der Waals surface area (Å²) in [6, 6.07) is 0. The second-order valence-corrected chi connectivity index (χ2v) is 28.4. The first-order valence-electron chi connectivity index (χ1n) is 34.2. The van der Waals surface area contributed by atoms with Crippen LogP contribution in [0.4, 0.5) is 0 Å². The van der Waals surface area contributed by atoms with E-state index in [1.54, 1.807) is 0 Å². The van der Waals surface area contributed by atoms with Crippen molar-refractivity contribution in [1.82, 2.24) is 0 Å². The molecule has 0 aromatic carbocycles. The number of phosphoric acid groups is 2. The fourth-order valence-electron chi connectivity index (χ4n) is 9.75. The summed E-state index contributed by atoms with van der Waals surface area (Å²) in [7, 11) is -9.89. The molecule has 0 aliphatic heterocycles. The molecule has 0 aliphatic rings. The summed E-state index contributed by atoms with van der Waals surface area (Å²) >= 11 is 0. The van der Waals surface area contributed by atoms with E-state index < -0.39 is 97.5 Å². The summed E-state index contributed by atoms with van der Waals surface area (Å²) in [6.07, 6.45) is 36.3. The maximum Gasteiger partial charge on any atom is 0.472 e. The molecule has 0 aromatic rings. The Morgan fingerprint density at radius 2 is 0.565 bits per heavy atom. The molecular formula is C66H128O17P2. The van der Waals surface area contributed by atoms with Crippen molar-refractivity contribution in [2.45, 2.75) is 337 Å². The molecule has 0 spiro atoms. The summed E-state index contributed by atoms with van der Waals surface area (Å²) in [5, 5.41) is 10.6. The predicted octanol–water partition coefficient (Wildman–Crippen LogP) is 18.1. The van der Waals surface area contributed by atoms with Crippen LogP contribution in [0.5, 0.6) is 0 Å². The molecule has 0 aliphatic carbocycles. The Labute approximate surface area is 517 Å². The smallest absolute Gasteiger partial charge is 0.462 e. The molecule has 0 bridgehead atoms. The van der Waals surface area contributed by atoms with Gasteiger partial charge >= 0.3 is 39.5 Å². The zero-order chi connectivity index (χ0) is 63.2. The van der Waals surface area contributed by atoms with E-state index in [1.165, 1.54) is 116 Å². The van der Waals surface area contributed by atoms with Crippen LogP contribution in [0.2, 0.25) is 0 Å². The number of aliphatic hydroxyl groups is 1. The lowest BCUT2D eigenvalue weighted by Crippen LogP contribution is -2.30. The van der Waals surface area contributed by atoms with Gasteiger partial charge in [0.25, 0.3) is 0 Å². The van der Waals surface area contributed by atoms with Crippen molar-refractivity contribution in [2.24, 2.45) is 23.7 Å². The minimum Gasteiger partial charge on any atom is -0.462 e. The van der Waals surface area contributed by atoms with Crippen LogP contribution in [0, 0.1) is 23.7 Å². The molecule has 0 rings (SSSR count). The van der Waals surface area contributed by atoms with Gasteiger partial charge in [-0.05, 0) is 49.4 Å². The number of carbonyl (C=O) groups is 4. The van der Waals surface area contributed by atoms with Crippen LogP contribution in [0.15, 0.2) is 0 Å². The van der Waals surface area contributed by atoms with E-state index in [9.17, 15) is 43.2 Å². The Hall–Kier alpha value is -1.94. The first-order valence-corrected chi connectivity index (χ1v) is 37.2. The minimum atomic E-state index is -4.95. The molecule has 504 valence electrons. The monoisotopic (exact) mass is 1250 g/mol. The fourth-order valence-corrected chi connectivity index (χ4v) is 11.3. The van der Waals surface area contributed by atoms with Crippen LogP contribution in [0.1, 0.15) is 319 Å². The highest BCUT2D eigenvalue weighted by Gasteiger charge is 2.30. The lowest BCUT2D eigenvalue weighted by molar-refractivity contribution is -0.161. The lowest BCUT2D eigenvalue weighted by Gasteiger charge is -2.21. The van der Waals surface area contributed by atoms with Crippen molar-refractivity contribution in [2.75, 3.05) is 39.6 Å². The molecular weight excluding hydrogens is 1130 g/mol. The van der Waals surface area contributed by atoms with Crippen LogP contribution in [0.25, 0.3) is 0 Å². The highest BCUT2D eigenvalue weighted by atomic mass is 31.2. The van der Waals surface area contributed by atoms with Crippen LogP contribution in [0.3, 0.4) is 0 Å². The summed E-state index contributed by atoms with van der Waals surface area (Å²) in [6.45, 7) is 14.0.